The molecule has 1 heterocycles. The monoisotopic (exact) mass is 245 g/mol. The molecule has 0 radical (unpaired) electrons. The van der Waals surface area contributed by atoms with Crippen LogP contribution in [0.2, 0.25) is 0 Å². The van der Waals surface area contributed by atoms with Crippen molar-refractivity contribution in [2.75, 3.05) is 5.73 Å². The maximum atomic E-state index is 11.4. The van der Waals surface area contributed by atoms with Crippen molar-refractivity contribution in [3.8, 4) is 0 Å². The molecule has 0 saturated carbocycles. The average Bonchev–Trinajstić information content (AvgIpc) is 2.36. The van der Waals surface area contributed by atoms with Crippen LogP contribution >= 0.6 is 0 Å². The largest absolute Gasteiger partial charge is 0.399 e. The number of hydrogen-bond acceptors (Lipinski definition) is 3. The van der Waals surface area contributed by atoms with E-state index in [1.807, 2.05) is 24.3 Å². The summed E-state index contributed by atoms with van der Waals surface area (Å²) in [5, 5.41) is 4.22. The van der Waals surface area contributed by atoms with Gasteiger partial charge in [-0.3, -0.25) is 4.79 Å². The summed E-state index contributed by atoms with van der Waals surface area (Å²) in [6.07, 6.45) is 3.76. The molecule has 0 aromatic heterocycles. The molecule has 1 aromatic rings. The molecule has 0 spiro atoms. The van der Waals surface area contributed by atoms with Gasteiger partial charge in [-0.1, -0.05) is 31.9 Å². The maximum Gasteiger partial charge on any atom is 0.240 e. The van der Waals surface area contributed by atoms with E-state index < -0.39 is 0 Å². The Hall–Kier alpha value is -1.84. The van der Waals surface area contributed by atoms with E-state index in [2.05, 4.69) is 17.5 Å². The Morgan fingerprint density at radius 3 is 3.06 bits per heavy atom. The van der Waals surface area contributed by atoms with Gasteiger partial charge in [-0.25, -0.2) is 5.43 Å². The van der Waals surface area contributed by atoms with E-state index in [9.17, 15) is 4.79 Å². The molecule has 1 unspecified atom stereocenters. The minimum absolute atomic E-state index is 0.00348. The van der Waals surface area contributed by atoms with Gasteiger partial charge in [0.25, 0.3) is 0 Å². The lowest BCUT2D eigenvalue weighted by molar-refractivity contribution is -0.122. The highest BCUT2D eigenvalue weighted by Gasteiger charge is 2.24. The Balaban J connectivity index is 2.24. The number of hydrogen-bond donors (Lipinski definition) is 2. The molecular formula is C14H19N3O. The van der Waals surface area contributed by atoms with Crippen molar-refractivity contribution in [1.82, 2.24) is 5.43 Å². The van der Waals surface area contributed by atoms with E-state index in [0.717, 1.165) is 36.2 Å². The lowest BCUT2D eigenvalue weighted by atomic mass is 9.88. The Morgan fingerprint density at radius 2 is 2.33 bits per heavy atom. The first-order valence-corrected chi connectivity index (χ1v) is 6.43. The average molecular weight is 245 g/mol. The molecule has 1 atom stereocenters. The van der Waals surface area contributed by atoms with Crippen molar-refractivity contribution in [2.24, 2.45) is 11.0 Å². The summed E-state index contributed by atoms with van der Waals surface area (Å²) in [5.41, 5.74) is 11.0. The summed E-state index contributed by atoms with van der Waals surface area (Å²) in [6.45, 7) is 2.15. The Labute approximate surface area is 107 Å². The zero-order valence-electron chi connectivity index (χ0n) is 10.6. The van der Waals surface area contributed by atoms with Gasteiger partial charge in [0, 0.05) is 23.6 Å². The third-order valence-corrected chi connectivity index (χ3v) is 3.21. The highest BCUT2D eigenvalue weighted by molar-refractivity contribution is 6.06. The predicted octanol–water partition coefficient (Wildman–Crippen LogP) is 2.30. The van der Waals surface area contributed by atoms with Crippen molar-refractivity contribution < 1.29 is 4.79 Å². The molecule has 4 heteroatoms. The minimum Gasteiger partial charge on any atom is -0.399 e. The molecule has 96 valence electrons. The van der Waals surface area contributed by atoms with Crippen LogP contribution in [0.3, 0.4) is 0 Å². The first-order valence-electron chi connectivity index (χ1n) is 6.43. The third-order valence-electron chi connectivity index (χ3n) is 3.21. The van der Waals surface area contributed by atoms with Gasteiger partial charge in [-0.2, -0.15) is 5.10 Å². The second-order valence-electron chi connectivity index (χ2n) is 4.70. The molecule has 0 saturated heterocycles. The highest BCUT2D eigenvalue weighted by Crippen LogP contribution is 2.23. The third kappa shape index (κ3) is 2.88. The van der Waals surface area contributed by atoms with E-state index in [1.165, 1.54) is 0 Å². The standard InChI is InChI=1S/C14H19N3O/c1-2-3-5-11-9-13(18)16-17-14(11)10-6-4-7-12(15)8-10/h4,6-8,11H,2-3,5,9,15H2,1H3,(H,16,18). The summed E-state index contributed by atoms with van der Waals surface area (Å²) in [6, 6.07) is 7.67. The zero-order chi connectivity index (χ0) is 13.0. The minimum atomic E-state index is 0.00348. The molecule has 18 heavy (non-hydrogen) atoms. The first-order chi connectivity index (χ1) is 8.70. The number of unbranched alkanes of at least 4 members (excludes halogenated alkanes) is 1. The van der Waals surface area contributed by atoms with Crippen LogP contribution in [0.1, 0.15) is 38.2 Å². The van der Waals surface area contributed by atoms with Gasteiger partial charge < -0.3 is 5.73 Å². The predicted molar refractivity (Wildman–Crippen MR) is 73.2 cm³/mol. The molecule has 1 amide bonds. The molecule has 1 aliphatic rings. The molecule has 1 aromatic carbocycles. The van der Waals surface area contributed by atoms with Crippen LogP contribution in [0.5, 0.6) is 0 Å². The smallest absolute Gasteiger partial charge is 0.240 e. The van der Waals surface area contributed by atoms with Crippen LogP contribution in [0, 0.1) is 5.92 Å². The van der Waals surface area contributed by atoms with Gasteiger partial charge >= 0.3 is 0 Å². The van der Waals surface area contributed by atoms with Crippen molar-refractivity contribution >= 4 is 17.3 Å². The van der Waals surface area contributed by atoms with Crippen LogP contribution in [0.15, 0.2) is 29.4 Å². The Morgan fingerprint density at radius 1 is 1.50 bits per heavy atom. The topological polar surface area (TPSA) is 67.5 Å². The summed E-state index contributed by atoms with van der Waals surface area (Å²) in [5.74, 6) is 0.212. The Bertz CT molecular complexity index is 468. The highest BCUT2D eigenvalue weighted by atomic mass is 16.2. The number of hydrazone groups is 1. The molecular weight excluding hydrogens is 226 g/mol. The second-order valence-corrected chi connectivity index (χ2v) is 4.70. The van der Waals surface area contributed by atoms with Crippen molar-refractivity contribution in [1.29, 1.82) is 0 Å². The quantitative estimate of drug-likeness (QED) is 0.799. The van der Waals surface area contributed by atoms with Gasteiger partial charge in [0.1, 0.15) is 0 Å². The maximum absolute atomic E-state index is 11.4. The number of nitrogens with two attached hydrogens (primary N) is 1. The van der Waals surface area contributed by atoms with Crippen LogP contribution < -0.4 is 11.2 Å². The molecule has 0 bridgehead atoms. The van der Waals surface area contributed by atoms with Crippen LogP contribution in [0.25, 0.3) is 0 Å². The number of nitrogens with zero attached hydrogens (tertiary/aromatic N) is 1. The normalized spacial score (nSPS) is 19.3. The number of benzene rings is 1. The number of nitrogen functional groups attached to an aromatic ring is 1. The molecule has 1 aliphatic heterocycles. The number of anilines is 1. The summed E-state index contributed by atoms with van der Waals surface area (Å²) in [4.78, 5) is 11.4. The van der Waals surface area contributed by atoms with Gasteiger partial charge in [-0.15, -0.1) is 0 Å². The number of amides is 1. The first kappa shape index (κ1) is 12.6. The van der Waals surface area contributed by atoms with E-state index >= 15 is 0 Å². The van der Waals surface area contributed by atoms with Crippen molar-refractivity contribution in [3.63, 3.8) is 0 Å². The number of nitrogens with one attached hydrogen (secondary N) is 1. The lowest BCUT2D eigenvalue weighted by Gasteiger charge is -2.22. The van der Waals surface area contributed by atoms with Gasteiger partial charge in [-0.05, 0) is 18.6 Å². The zero-order valence-corrected chi connectivity index (χ0v) is 10.6. The van der Waals surface area contributed by atoms with Crippen LogP contribution in [-0.4, -0.2) is 11.6 Å². The number of carbonyl (C=O) groups excluding carboxylic acids is 1. The van der Waals surface area contributed by atoms with Gasteiger partial charge in [0.05, 0.1) is 5.71 Å². The van der Waals surface area contributed by atoms with E-state index in [1.54, 1.807) is 0 Å². The van der Waals surface area contributed by atoms with Crippen molar-refractivity contribution in [2.45, 2.75) is 32.6 Å². The van der Waals surface area contributed by atoms with E-state index in [0.29, 0.717) is 6.42 Å². The number of carbonyl (C=O) groups is 1. The molecule has 0 aliphatic carbocycles. The van der Waals surface area contributed by atoms with Gasteiger partial charge in [0.2, 0.25) is 5.91 Å². The van der Waals surface area contributed by atoms with E-state index in [-0.39, 0.29) is 11.8 Å². The fourth-order valence-corrected chi connectivity index (χ4v) is 2.27. The summed E-state index contributed by atoms with van der Waals surface area (Å²) < 4.78 is 0. The molecule has 4 nitrogen and oxygen atoms in total. The number of rotatable bonds is 4. The lowest BCUT2D eigenvalue weighted by Crippen LogP contribution is -2.33. The second kappa shape index (κ2) is 5.67. The molecule has 3 N–H and O–H groups in total. The van der Waals surface area contributed by atoms with Crippen LogP contribution in [-0.2, 0) is 4.79 Å². The van der Waals surface area contributed by atoms with Gasteiger partial charge in [0.15, 0.2) is 0 Å². The van der Waals surface area contributed by atoms with E-state index in [4.69, 9.17) is 5.73 Å². The van der Waals surface area contributed by atoms with Crippen molar-refractivity contribution in [3.05, 3.63) is 29.8 Å². The summed E-state index contributed by atoms with van der Waals surface area (Å²) >= 11 is 0. The fraction of sp³-hybridized carbons (Fsp3) is 0.429. The molecule has 0 fully saturated rings. The summed E-state index contributed by atoms with van der Waals surface area (Å²) in [7, 11) is 0. The Kier molecular flexibility index (Phi) is 3.97. The SMILES string of the molecule is CCCCC1CC(=O)NN=C1c1cccc(N)c1. The fourth-order valence-electron chi connectivity index (χ4n) is 2.27. The van der Waals surface area contributed by atoms with Crippen LogP contribution in [0.4, 0.5) is 5.69 Å². The molecule has 2 rings (SSSR count).